The van der Waals surface area contributed by atoms with Gasteiger partial charge in [0.1, 0.15) is 12.6 Å². The number of hydrogen-bond acceptors (Lipinski definition) is 5. The van der Waals surface area contributed by atoms with E-state index in [1.54, 1.807) is 0 Å². The molecule has 1 aliphatic rings. The molecule has 0 saturated heterocycles. The molecule has 2 aromatic rings. The molecule has 1 atom stereocenters. The average Bonchev–Trinajstić information content (AvgIpc) is 3.09. The van der Waals surface area contributed by atoms with Gasteiger partial charge in [0.2, 0.25) is 5.91 Å². The SMILES string of the molecule is O=C(/C=C/CNC(=O)OCC1c2ccccc2-c2ccccc21)NC(CCO)C(=O)O. The lowest BCUT2D eigenvalue weighted by atomic mass is 9.98. The van der Waals surface area contributed by atoms with Gasteiger partial charge in [-0.1, -0.05) is 54.6 Å². The average molecular weight is 424 g/mol. The number of ether oxygens (including phenoxy) is 1. The number of aliphatic hydroxyl groups excluding tert-OH is 1. The van der Waals surface area contributed by atoms with E-state index >= 15 is 0 Å². The first kappa shape index (κ1) is 22.0. The van der Waals surface area contributed by atoms with Crippen LogP contribution < -0.4 is 10.6 Å². The molecular weight excluding hydrogens is 400 g/mol. The molecule has 162 valence electrons. The number of aliphatic carboxylic acids is 1. The third-order valence-corrected chi connectivity index (χ3v) is 5.01. The van der Waals surface area contributed by atoms with E-state index in [1.165, 1.54) is 6.08 Å². The topological polar surface area (TPSA) is 125 Å². The van der Waals surface area contributed by atoms with Crippen molar-refractivity contribution < 1.29 is 29.3 Å². The van der Waals surface area contributed by atoms with Gasteiger partial charge < -0.3 is 25.6 Å². The van der Waals surface area contributed by atoms with Crippen LogP contribution in [0.5, 0.6) is 0 Å². The Bertz CT molecular complexity index is 942. The molecule has 8 heteroatoms. The molecule has 0 fully saturated rings. The van der Waals surface area contributed by atoms with Gasteiger partial charge in [-0.25, -0.2) is 9.59 Å². The fourth-order valence-corrected chi connectivity index (χ4v) is 3.56. The Morgan fingerprint density at radius 2 is 1.65 bits per heavy atom. The lowest BCUT2D eigenvalue weighted by Gasteiger charge is -2.14. The Morgan fingerprint density at radius 3 is 2.23 bits per heavy atom. The molecule has 2 aromatic carbocycles. The van der Waals surface area contributed by atoms with Gasteiger partial charge in [-0.05, 0) is 22.3 Å². The highest BCUT2D eigenvalue weighted by molar-refractivity contribution is 5.91. The second kappa shape index (κ2) is 10.4. The number of carboxylic acids is 1. The van der Waals surface area contributed by atoms with Crippen LogP contribution in [0.1, 0.15) is 23.5 Å². The molecular formula is C23H24N2O6. The fraction of sp³-hybridized carbons (Fsp3) is 0.261. The minimum atomic E-state index is -1.23. The third kappa shape index (κ3) is 5.49. The Balaban J connectivity index is 1.47. The maximum Gasteiger partial charge on any atom is 0.407 e. The van der Waals surface area contributed by atoms with Crippen LogP contribution in [-0.4, -0.2) is 54.0 Å². The zero-order chi connectivity index (χ0) is 22.2. The number of aliphatic hydroxyl groups is 1. The monoisotopic (exact) mass is 424 g/mol. The van der Waals surface area contributed by atoms with Crippen LogP contribution in [0.25, 0.3) is 11.1 Å². The first-order valence-electron chi connectivity index (χ1n) is 9.90. The van der Waals surface area contributed by atoms with Crippen LogP contribution in [0.2, 0.25) is 0 Å². The van der Waals surface area contributed by atoms with Gasteiger partial charge in [-0.3, -0.25) is 4.79 Å². The van der Waals surface area contributed by atoms with Crippen molar-refractivity contribution in [2.45, 2.75) is 18.4 Å². The van der Waals surface area contributed by atoms with E-state index in [-0.39, 0.29) is 32.1 Å². The number of amides is 2. The number of carbonyl (C=O) groups is 3. The van der Waals surface area contributed by atoms with Gasteiger partial charge in [-0.15, -0.1) is 0 Å². The van der Waals surface area contributed by atoms with Crippen molar-refractivity contribution in [3.05, 3.63) is 71.8 Å². The zero-order valence-corrected chi connectivity index (χ0v) is 16.8. The van der Waals surface area contributed by atoms with E-state index in [4.69, 9.17) is 14.9 Å². The molecule has 0 aromatic heterocycles. The van der Waals surface area contributed by atoms with Crippen molar-refractivity contribution >= 4 is 18.0 Å². The normalized spacial score (nSPS) is 13.3. The number of fused-ring (bicyclic) bond motifs is 3. The molecule has 2 amide bonds. The molecule has 0 bridgehead atoms. The van der Waals surface area contributed by atoms with Crippen LogP contribution in [0.15, 0.2) is 60.7 Å². The van der Waals surface area contributed by atoms with Crippen molar-refractivity contribution in [3.8, 4) is 11.1 Å². The Kier molecular flexibility index (Phi) is 7.40. The molecule has 1 aliphatic carbocycles. The number of carbonyl (C=O) groups excluding carboxylic acids is 2. The Labute approximate surface area is 179 Å². The summed E-state index contributed by atoms with van der Waals surface area (Å²) in [6, 6.07) is 14.9. The fourth-order valence-electron chi connectivity index (χ4n) is 3.56. The predicted octanol–water partition coefficient (Wildman–Crippen LogP) is 2.03. The summed E-state index contributed by atoms with van der Waals surface area (Å²) in [7, 11) is 0. The molecule has 3 rings (SSSR count). The number of nitrogens with one attached hydrogen (secondary N) is 2. The quantitative estimate of drug-likeness (QED) is 0.457. The van der Waals surface area contributed by atoms with Crippen LogP contribution in [0, 0.1) is 0 Å². The van der Waals surface area contributed by atoms with E-state index in [9.17, 15) is 14.4 Å². The van der Waals surface area contributed by atoms with Crippen LogP contribution in [0.3, 0.4) is 0 Å². The minimum Gasteiger partial charge on any atom is -0.480 e. The summed E-state index contributed by atoms with van der Waals surface area (Å²) < 4.78 is 5.38. The summed E-state index contributed by atoms with van der Waals surface area (Å²) in [5, 5.41) is 22.5. The van der Waals surface area contributed by atoms with E-state index in [1.807, 2.05) is 36.4 Å². The molecule has 0 radical (unpaired) electrons. The molecule has 0 saturated carbocycles. The van der Waals surface area contributed by atoms with Crippen molar-refractivity contribution in [2.75, 3.05) is 19.8 Å². The van der Waals surface area contributed by atoms with Crippen molar-refractivity contribution in [1.82, 2.24) is 10.6 Å². The third-order valence-electron chi connectivity index (χ3n) is 5.01. The number of benzene rings is 2. The first-order chi connectivity index (χ1) is 15.0. The second-order valence-electron chi connectivity index (χ2n) is 7.02. The van der Waals surface area contributed by atoms with Crippen LogP contribution in [-0.2, 0) is 14.3 Å². The number of carboxylic acid groups (broad SMARTS) is 1. The first-order valence-corrected chi connectivity index (χ1v) is 9.90. The van der Waals surface area contributed by atoms with Gasteiger partial charge in [0.15, 0.2) is 0 Å². The molecule has 1 unspecified atom stereocenters. The summed E-state index contributed by atoms with van der Waals surface area (Å²) in [5.74, 6) is -1.90. The highest BCUT2D eigenvalue weighted by Gasteiger charge is 2.28. The van der Waals surface area contributed by atoms with Gasteiger partial charge in [0.25, 0.3) is 0 Å². The molecule has 4 N–H and O–H groups in total. The predicted molar refractivity (Wildman–Crippen MR) is 113 cm³/mol. The van der Waals surface area contributed by atoms with Crippen molar-refractivity contribution in [1.29, 1.82) is 0 Å². The molecule has 0 spiro atoms. The molecule has 0 aliphatic heterocycles. The highest BCUT2D eigenvalue weighted by atomic mass is 16.5. The van der Waals surface area contributed by atoms with E-state index in [2.05, 4.69) is 22.8 Å². The summed E-state index contributed by atoms with van der Waals surface area (Å²) in [5.41, 5.74) is 4.51. The smallest absolute Gasteiger partial charge is 0.407 e. The van der Waals surface area contributed by atoms with Gasteiger partial charge in [-0.2, -0.15) is 0 Å². The largest absolute Gasteiger partial charge is 0.480 e. The van der Waals surface area contributed by atoms with Gasteiger partial charge in [0.05, 0.1) is 0 Å². The maximum atomic E-state index is 12.0. The molecule has 8 nitrogen and oxygen atoms in total. The summed E-state index contributed by atoms with van der Waals surface area (Å²) in [6.45, 7) is -0.127. The van der Waals surface area contributed by atoms with Gasteiger partial charge >= 0.3 is 12.1 Å². The Hall–Kier alpha value is -3.65. The lowest BCUT2D eigenvalue weighted by molar-refractivity contribution is -0.141. The van der Waals surface area contributed by atoms with Crippen molar-refractivity contribution in [3.63, 3.8) is 0 Å². The minimum absolute atomic E-state index is 0.0426. The van der Waals surface area contributed by atoms with E-state index < -0.39 is 24.0 Å². The van der Waals surface area contributed by atoms with Crippen LogP contribution in [0.4, 0.5) is 4.79 Å². The zero-order valence-electron chi connectivity index (χ0n) is 16.8. The number of rotatable bonds is 9. The highest BCUT2D eigenvalue weighted by Crippen LogP contribution is 2.44. The second-order valence-corrected chi connectivity index (χ2v) is 7.02. The Morgan fingerprint density at radius 1 is 1.03 bits per heavy atom. The van der Waals surface area contributed by atoms with E-state index in [0.29, 0.717) is 0 Å². The molecule has 0 heterocycles. The maximum absolute atomic E-state index is 12.0. The molecule has 31 heavy (non-hydrogen) atoms. The van der Waals surface area contributed by atoms with Gasteiger partial charge in [0, 0.05) is 31.6 Å². The summed E-state index contributed by atoms with van der Waals surface area (Å²) in [4.78, 5) is 34.7. The van der Waals surface area contributed by atoms with E-state index in [0.717, 1.165) is 28.3 Å². The number of hydrogen-bond donors (Lipinski definition) is 4. The standard InChI is InChI=1S/C23H24N2O6/c26-13-11-20(22(28)29)25-21(27)10-5-12-24-23(30)31-14-19-17-8-3-1-6-15(17)16-7-2-4-9-18(16)19/h1-10,19-20,26H,11-14H2,(H,24,30)(H,25,27)(H,28,29)/b10-5+. The number of alkyl carbamates (subject to hydrolysis) is 1. The summed E-state index contributed by atoms with van der Waals surface area (Å²) >= 11 is 0. The lowest BCUT2D eigenvalue weighted by Crippen LogP contribution is -2.40. The summed E-state index contributed by atoms with van der Waals surface area (Å²) in [6.07, 6.45) is 1.80. The van der Waals surface area contributed by atoms with Crippen molar-refractivity contribution in [2.24, 2.45) is 0 Å². The van der Waals surface area contributed by atoms with Crippen LogP contribution >= 0.6 is 0 Å².